The van der Waals surface area contributed by atoms with Gasteiger partial charge in [-0.15, -0.1) is 0 Å². The quantitative estimate of drug-likeness (QED) is 0.743. The van der Waals surface area contributed by atoms with Gasteiger partial charge in [-0.05, 0) is 52.0 Å². The number of ether oxygens (including phenoxy) is 1. The summed E-state index contributed by atoms with van der Waals surface area (Å²) in [6.07, 6.45) is 0.150. The summed E-state index contributed by atoms with van der Waals surface area (Å²) in [5, 5.41) is 2.70. The highest BCUT2D eigenvalue weighted by molar-refractivity contribution is 5.74. The third-order valence-electron chi connectivity index (χ3n) is 3.67. The lowest BCUT2D eigenvalue weighted by Crippen LogP contribution is -2.41. The fraction of sp³-hybridized carbons (Fsp3) is 0.316. The largest absolute Gasteiger partial charge is 0.438 e. The third-order valence-corrected chi connectivity index (χ3v) is 3.67. The molecule has 3 aromatic rings. The van der Waals surface area contributed by atoms with E-state index in [1.165, 1.54) is 16.7 Å². The molecule has 1 atom stereocenters. The van der Waals surface area contributed by atoms with Gasteiger partial charge in [0.25, 0.3) is 0 Å². The monoisotopic (exact) mass is 374 g/mol. The Morgan fingerprint density at radius 3 is 2.52 bits per heavy atom. The van der Waals surface area contributed by atoms with Gasteiger partial charge in [-0.1, -0.05) is 0 Å². The Morgan fingerprint density at radius 2 is 1.89 bits per heavy atom. The van der Waals surface area contributed by atoms with Crippen LogP contribution in [0.4, 0.5) is 13.6 Å². The van der Waals surface area contributed by atoms with Crippen molar-refractivity contribution in [3.05, 3.63) is 54.0 Å². The molecule has 0 aliphatic rings. The van der Waals surface area contributed by atoms with Gasteiger partial charge in [-0.25, -0.2) is 23.5 Å². The number of rotatable bonds is 3. The number of pyridine rings is 1. The third kappa shape index (κ3) is 4.21. The molecular formula is C19H20F2N4O2. The van der Waals surface area contributed by atoms with Gasteiger partial charge in [0, 0.05) is 17.8 Å². The van der Waals surface area contributed by atoms with Crippen molar-refractivity contribution in [1.29, 1.82) is 0 Å². The van der Waals surface area contributed by atoms with E-state index in [0.717, 1.165) is 6.07 Å². The van der Waals surface area contributed by atoms with E-state index in [-0.39, 0.29) is 5.69 Å². The predicted octanol–water partition coefficient (Wildman–Crippen LogP) is 4.28. The molecule has 0 spiro atoms. The molecule has 0 fully saturated rings. The number of halogens is 2. The fourth-order valence-electron chi connectivity index (χ4n) is 2.67. The Morgan fingerprint density at radius 1 is 1.22 bits per heavy atom. The standard InChI is InChI=1S/C19H20F2N4O2/c1-11(27-18(26)24-19(2,3)4)16-23-15-6-5-7-22-17(15)25(16)14-9-12(20)8-13(21)10-14/h5-11H,1-4H3,(H,24,26). The molecular weight excluding hydrogens is 354 g/mol. The topological polar surface area (TPSA) is 69.0 Å². The first-order valence-corrected chi connectivity index (χ1v) is 8.43. The van der Waals surface area contributed by atoms with Crippen LogP contribution in [0.1, 0.15) is 39.6 Å². The molecule has 0 aliphatic heterocycles. The van der Waals surface area contributed by atoms with Gasteiger partial charge in [0.1, 0.15) is 17.2 Å². The van der Waals surface area contributed by atoms with Crippen molar-refractivity contribution in [3.63, 3.8) is 0 Å². The van der Waals surface area contributed by atoms with Crippen LogP contribution in [0, 0.1) is 11.6 Å². The van der Waals surface area contributed by atoms with E-state index < -0.39 is 29.4 Å². The zero-order valence-electron chi connectivity index (χ0n) is 15.5. The molecule has 0 aliphatic carbocycles. The molecule has 142 valence electrons. The van der Waals surface area contributed by atoms with Crippen molar-refractivity contribution in [1.82, 2.24) is 19.9 Å². The maximum Gasteiger partial charge on any atom is 0.408 e. The lowest BCUT2D eigenvalue weighted by molar-refractivity contribution is 0.0953. The van der Waals surface area contributed by atoms with Crippen LogP contribution < -0.4 is 5.32 Å². The van der Waals surface area contributed by atoms with Crippen molar-refractivity contribution in [2.24, 2.45) is 0 Å². The number of amides is 1. The van der Waals surface area contributed by atoms with Gasteiger partial charge in [0.05, 0.1) is 5.69 Å². The zero-order chi connectivity index (χ0) is 19.8. The highest BCUT2D eigenvalue weighted by Crippen LogP contribution is 2.27. The molecule has 0 bridgehead atoms. The first kappa shape index (κ1) is 18.8. The minimum absolute atomic E-state index is 0.204. The molecule has 0 saturated carbocycles. The van der Waals surface area contributed by atoms with Crippen LogP contribution in [0.5, 0.6) is 0 Å². The van der Waals surface area contributed by atoms with Crippen LogP contribution in [-0.4, -0.2) is 26.2 Å². The number of carbonyl (C=O) groups is 1. The summed E-state index contributed by atoms with van der Waals surface area (Å²) in [6, 6.07) is 6.55. The molecule has 2 heterocycles. The molecule has 0 radical (unpaired) electrons. The van der Waals surface area contributed by atoms with E-state index in [0.29, 0.717) is 17.0 Å². The number of nitrogens with zero attached hydrogens (tertiary/aromatic N) is 3. The van der Waals surface area contributed by atoms with E-state index in [1.807, 2.05) is 20.8 Å². The molecule has 1 aromatic carbocycles. The van der Waals surface area contributed by atoms with E-state index >= 15 is 0 Å². The maximum absolute atomic E-state index is 13.8. The lowest BCUT2D eigenvalue weighted by Gasteiger charge is -2.22. The van der Waals surface area contributed by atoms with Crippen LogP contribution in [0.3, 0.4) is 0 Å². The van der Waals surface area contributed by atoms with Crippen molar-refractivity contribution in [2.75, 3.05) is 0 Å². The second kappa shape index (κ2) is 6.94. The molecule has 0 saturated heterocycles. The number of alkyl carbamates (subject to hydrolysis) is 1. The molecule has 1 N–H and O–H groups in total. The molecule has 27 heavy (non-hydrogen) atoms. The van der Waals surface area contributed by atoms with Crippen molar-refractivity contribution in [3.8, 4) is 5.69 Å². The van der Waals surface area contributed by atoms with Gasteiger partial charge in [-0.2, -0.15) is 0 Å². The summed E-state index contributed by atoms with van der Waals surface area (Å²) in [7, 11) is 0. The van der Waals surface area contributed by atoms with Crippen molar-refractivity contribution in [2.45, 2.75) is 39.3 Å². The predicted molar refractivity (Wildman–Crippen MR) is 96.6 cm³/mol. The molecule has 8 heteroatoms. The number of hydrogen-bond acceptors (Lipinski definition) is 4. The normalized spacial score (nSPS) is 12.8. The summed E-state index contributed by atoms with van der Waals surface area (Å²) in [6.45, 7) is 7.12. The van der Waals surface area contributed by atoms with Crippen LogP contribution in [0.15, 0.2) is 36.5 Å². The first-order valence-electron chi connectivity index (χ1n) is 8.43. The molecule has 2 aromatic heterocycles. The average molecular weight is 374 g/mol. The SMILES string of the molecule is CC(OC(=O)NC(C)(C)C)c1nc2cccnc2n1-c1cc(F)cc(F)c1. The first-order chi connectivity index (χ1) is 12.6. The zero-order valence-corrected chi connectivity index (χ0v) is 15.5. The highest BCUT2D eigenvalue weighted by Gasteiger charge is 2.24. The summed E-state index contributed by atoms with van der Waals surface area (Å²) in [4.78, 5) is 20.8. The van der Waals surface area contributed by atoms with Gasteiger partial charge in [-0.3, -0.25) is 4.57 Å². The summed E-state index contributed by atoms with van der Waals surface area (Å²) in [5.74, 6) is -1.15. The summed E-state index contributed by atoms with van der Waals surface area (Å²) in [5.41, 5.74) is 0.660. The summed E-state index contributed by atoms with van der Waals surface area (Å²) < 4.78 is 34.4. The Balaban J connectivity index is 2.06. The Kier molecular flexibility index (Phi) is 4.82. The fourth-order valence-corrected chi connectivity index (χ4v) is 2.67. The van der Waals surface area contributed by atoms with Crippen LogP contribution >= 0.6 is 0 Å². The minimum atomic E-state index is -0.784. The maximum atomic E-state index is 13.8. The average Bonchev–Trinajstić information content (AvgIpc) is 2.91. The van der Waals surface area contributed by atoms with Crippen LogP contribution in [-0.2, 0) is 4.74 Å². The van der Waals surface area contributed by atoms with E-state index in [1.54, 1.807) is 25.3 Å². The molecule has 3 rings (SSSR count). The highest BCUT2D eigenvalue weighted by atomic mass is 19.1. The number of fused-ring (bicyclic) bond motifs is 1. The second-order valence-electron chi connectivity index (χ2n) is 7.20. The molecule has 6 nitrogen and oxygen atoms in total. The van der Waals surface area contributed by atoms with E-state index in [4.69, 9.17) is 4.74 Å². The van der Waals surface area contributed by atoms with E-state index in [2.05, 4.69) is 15.3 Å². The number of aromatic nitrogens is 3. The second-order valence-corrected chi connectivity index (χ2v) is 7.20. The summed E-state index contributed by atoms with van der Waals surface area (Å²) >= 11 is 0. The molecule has 1 amide bonds. The Bertz CT molecular complexity index is 975. The smallest absolute Gasteiger partial charge is 0.408 e. The van der Waals surface area contributed by atoms with Crippen LogP contribution in [0.2, 0.25) is 0 Å². The Labute approximate surface area is 155 Å². The van der Waals surface area contributed by atoms with Gasteiger partial charge >= 0.3 is 6.09 Å². The number of benzene rings is 1. The van der Waals surface area contributed by atoms with Gasteiger partial charge < -0.3 is 10.1 Å². The number of hydrogen-bond donors (Lipinski definition) is 1. The Hall–Kier alpha value is -3.03. The number of imidazole rings is 1. The molecule has 1 unspecified atom stereocenters. The van der Waals surface area contributed by atoms with Crippen molar-refractivity contribution < 1.29 is 18.3 Å². The minimum Gasteiger partial charge on any atom is -0.438 e. The lowest BCUT2D eigenvalue weighted by atomic mass is 10.1. The van der Waals surface area contributed by atoms with Crippen molar-refractivity contribution >= 4 is 17.3 Å². The van der Waals surface area contributed by atoms with Gasteiger partial charge in [0.15, 0.2) is 17.6 Å². The number of nitrogens with one attached hydrogen (secondary N) is 1. The van der Waals surface area contributed by atoms with Gasteiger partial charge in [0.2, 0.25) is 0 Å². The van der Waals surface area contributed by atoms with E-state index in [9.17, 15) is 13.6 Å². The number of carbonyl (C=O) groups excluding carboxylic acids is 1. The van der Waals surface area contributed by atoms with Crippen LogP contribution in [0.25, 0.3) is 16.9 Å².